The molecule has 5 heteroatoms. The fourth-order valence-electron chi connectivity index (χ4n) is 4.26. The number of H-pyrrole nitrogens is 1. The van der Waals surface area contributed by atoms with Crippen LogP contribution in [0.4, 0.5) is 8.78 Å². The number of halogens is 2. The van der Waals surface area contributed by atoms with Crippen molar-refractivity contribution < 1.29 is 18.1 Å². The summed E-state index contributed by atoms with van der Waals surface area (Å²) >= 11 is 0. The van der Waals surface area contributed by atoms with Crippen molar-refractivity contribution in [3.8, 4) is 11.3 Å². The van der Waals surface area contributed by atoms with E-state index in [4.69, 9.17) is 0 Å². The van der Waals surface area contributed by atoms with Crippen molar-refractivity contribution in [3.63, 3.8) is 0 Å². The van der Waals surface area contributed by atoms with Crippen LogP contribution in [-0.2, 0) is 19.4 Å². The molecule has 0 bridgehead atoms. The minimum Gasteiger partial charge on any atom is -0.358 e. The van der Waals surface area contributed by atoms with E-state index < -0.39 is 6.43 Å². The number of Topliss-reactive ketones (excluding diaryl/α,β-unsaturated/α-hetero) is 1. The number of hydrogen-bond donors (Lipinski definition) is 1. The number of carbonyl (C=O) groups excluding carboxylic acids is 1. The van der Waals surface area contributed by atoms with Crippen LogP contribution in [0.5, 0.6) is 0 Å². The Balaban J connectivity index is 1.79. The van der Waals surface area contributed by atoms with E-state index in [1.807, 2.05) is 30.3 Å². The molecule has 2 aromatic heterocycles. The lowest BCUT2D eigenvalue weighted by molar-refractivity contribution is -0.705. The predicted octanol–water partition coefficient (Wildman–Crippen LogP) is 4.98. The Morgan fingerprint density at radius 3 is 2.41 bits per heavy atom. The SMILES string of the molecule is CC1(C)CC(=O)c2c([nH]c(-c3cc[n+](CC(F)F)cc3)c2Cc2ccccc2)C1. The molecule has 3 aromatic rings. The van der Waals surface area contributed by atoms with Crippen LogP contribution < -0.4 is 4.57 Å². The summed E-state index contributed by atoms with van der Waals surface area (Å²) in [4.78, 5) is 16.5. The maximum Gasteiger partial charge on any atom is 0.296 e. The number of nitrogens with one attached hydrogen (secondary N) is 1. The summed E-state index contributed by atoms with van der Waals surface area (Å²) in [6.07, 6.45) is 2.94. The number of ketones is 1. The average Bonchev–Trinajstić information content (AvgIpc) is 2.99. The van der Waals surface area contributed by atoms with Gasteiger partial charge in [0.25, 0.3) is 6.43 Å². The van der Waals surface area contributed by atoms with Crippen molar-refractivity contribution in [1.82, 2.24) is 4.98 Å². The van der Waals surface area contributed by atoms with Gasteiger partial charge in [-0.25, -0.2) is 8.78 Å². The molecule has 0 amide bonds. The zero-order chi connectivity index (χ0) is 20.6. The van der Waals surface area contributed by atoms with Crippen molar-refractivity contribution in [2.75, 3.05) is 0 Å². The first-order valence-electron chi connectivity index (χ1n) is 9.91. The molecule has 0 atom stereocenters. The molecule has 0 saturated carbocycles. The number of hydrogen-bond acceptors (Lipinski definition) is 1. The molecule has 0 spiro atoms. The molecule has 0 unspecified atom stereocenters. The van der Waals surface area contributed by atoms with Gasteiger partial charge >= 0.3 is 0 Å². The van der Waals surface area contributed by atoms with Crippen LogP contribution in [0.3, 0.4) is 0 Å². The zero-order valence-corrected chi connectivity index (χ0v) is 16.7. The van der Waals surface area contributed by atoms with E-state index in [-0.39, 0.29) is 17.7 Å². The van der Waals surface area contributed by atoms with Gasteiger partial charge in [0.05, 0.1) is 5.69 Å². The van der Waals surface area contributed by atoms with Gasteiger partial charge in [0, 0.05) is 41.8 Å². The van der Waals surface area contributed by atoms with Crippen molar-refractivity contribution >= 4 is 5.78 Å². The molecular formula is C24H25F2N2O+. The molecule has 4 rings (SSSR count). The largest absolute Gasteiger partial charge is 0.358 e. The van der Waals surface area contributed by atoms with Crippen molar-refractivity contribution in [2.24, 2.45) is 5.41 Å². The monoisotopic (exact) mass is 395 g/mol. The van der Waals surface area contributed by atoms with Crippen LogP contribution in [0.15, 0.2) is 54.9 Å². The fourth-order valence-corrected chi connectivity index (χ4v) is 4.26. The van der Waals surface area contributed by atoms with Crippen LogP contribution in [0.1, 0.15) is 47.4 Å². The summed E-state index contributed by atoms with van der Waals surface area (Å²) in [6.45, 7) is 3.90. The quantitative estimate of drug-likeness (QED) is 0.608. The second-order valence-corrected chi connectivity index (χ2v) is 8.61. The minimum absolute atomic E-state index is 0.0762. The standard InChI is InChI=1S/C24H24F2N2O/c1-24(2)13-19-22(20(29)14-24)18(12-16-6-4-3-5-7-16)23(27-19)17-8-10-28(11-9-17)15-21(25)26/h3-11,21H,12-15H2,1-2H3/p+1. The molecule has 2 heterocycles. The van der Waals surface area contributed by atoms with Gasteiger partial charge in [0.2, 0.25) is 6.54 Å². The van der Waals surface area contributed by atoms with Crippen LogP contribution in [0.2, 0.25) is 0 Å². The molecular weight excluding hydrogens is 370 g/mol. The average molecular weight is 395 g/mol. The number of aromatic nitrogens is 2. The minimum atomic E-state index is -2.39. The molecule has 0 aliphatic heterocycles. The molecule has 29 heavy (non-hydrogen) atoms. The van der Waals surface area contributed by atoms with Crippen molar-refractivity contribution in [1.29, 1.82) is 0 Å². The van der Waals surface area contributed by atoms with E-state index in [0.29, 0.717) is 12.8 Å². The van der Waals surface area contributed by atoms with E-state index in [2.05, 4.69) is 31.0 Å². The Morgan fingerprint density at radius 2 is 1.76 bits per heavy atom. The van der Waals surface area contributed by atoms with Crippen molar-refractivity contribution in [3.05, 3.63) is 77.2 Å². The summed E-state index contributed by atoms with van der Waals surface area (Å²) in [6, 6.07) is 13.8. The highest BCUT2D eigenvalue weighted by Gasteiger charge is 2.35. The van der Waals surface area contributed by atoms with Gasteiger partial charge in [0.15, 0.2) is 18.2 Å². The molecule has 0 saturated heterocycles. The maximum atomic E-state index is 13.0. The Kier molecular flexibility index (Phi) is 5.07. The van der Waals surface area contributed by atoms with Gasteiger partial charge in [-0.3, -0.25) is 4.79 Å². The number of pyridine rings is 1. The first-order chi connectivity index (χ1) is 13.8. The van der Waals surface area contributed by atoms with E-state index in [1.54, 1.807) is 12.4 Å². The number of nitrogens with zero attached hydrogens (tertiary/aromatic N) is 1. The second-order valence-electron chi connectivity index (χ2n) is 8.61. The second kappa shape index (κ2) is 7.54. The van der Waals surface area contributed by atoms with Crippen LogP contribution in [0, 0.1) is 5.41 Å². The summed E-state index contributed by atoms with van der Waals surface area (Å²) in [7, 11) is 0. The molecule has 1 aliphatic rings. The smallest absolute Gasteiger partial charge is 0.296 e. The molecule has 1 N–H and O–H groups in total. The normalized spacial score (nSPS) is 15.6. The number of carbonyl (C=O) groups is 1. The summed E-state index contributed by atoms with van der Waals surface area (Å²) in [5.74, 6) is 0.174. The van der Waals surface area contributed by atoms with E-state index in [9.17, 15) is 13.6 Å². The number of rotatable bonds is 5. The number of fused-ring (bicyclic) bond motifs is 1. The number of aromatic amines is 1. The first-order valence-corrected chi connectivity index (χ1v) is 9.91. The molecule has 1 aliphatic carbocycles. The van der Waals surface area contributed by atoms with E-state index in [1.165, 1.54) is 4.57 Å². The maximum absolute atomic E-state index is 13.0. The van der Waals surface area contributed by atoms with Crippen molar-refractivity contribution in [2.45, 2.75) is 46.1 Å². The van der Waals surface area contributed by atoms with Crippen LogP contribution in [-0.4, -0.2) is 17.2 Å². The predicted molar refractivity (Wildman–Crippen MR) is 108 cm³/mol. The first kappa shape index (κ1) is 19.5. The molecule has 150 valence electrons. The van der Waals surface area contributed by atoms with Gasteiger partial charge < -0.3 is 4.98 Å². The Labute approximate surface area is 169 Å². The van der Waals surface area contributed by atoms with E-state index in [0.717, 1.165) is 40.1 Å². The highest BCUT2D eigenvalue weighted by atomic mass is 19.3. The van der Waals surface area contributed by atoms with Crippen LogP contribution in [0.25, 0.3) is 11.3 Å². The highest BCUT2D eigenvalue weighted by molar-refractivity contribution is 6.02. The Bertz CT molecular complexity index is 1020. The number of benzene rings is 1. The topological polar surface area (TPSA) is 36.7 Å². The Hall–Kier alpha value is -2.82. The van der Waals surface area contributed by atoms with Crippen LogP contribution >= 0.6 is 0 Å². The lowest BCUT2D eigenvalue weighted by Crippen LogP contribution is -2.36. The Morgan fingerprint density at radius 1 is 1.07 bits per heavy atom. The van der Waals surface area contributed by atoms with Gasteiger partial charge in [-0.1, -0.05) is 44.2 Å². The van der Waals surface area contributed by atoms with Gasteiger partial charge in [-0.2, -0.15) is 4.57 Å². The third-order valence-electron chi connectivity index (χ3n) is 5.51. The molecule has 0 radical (unpaired) electrons. The van der Waals surface area contributed by atoms with Gasteiger partial charge in [-0.15, -0.1) is 0 Å². The number of alkyl halides is 2. The summed E-state index contributed by atoms with van der Waals surface area (Å²) in [5.41, 5.74) is 5.67. The fraction of sp³-hybridized carbons (Fsp3) is 0.333. The highest BCUT2D eigenvalue weighted by Crippen LogP contribution is 2.40. The van der Waals surface area contributed by atoms with Gasteiger partial charge in [0.1, 0.15) is 0 Å². The summed E-state index contributed by atoms with van der Waals surface area (Å²) in [5, 5.41) is 0. The third kappa shape index (κ3) is 4.14. The molecule has 3 nitrogen and oxygen atoms in total. The lowest BCUT2D eigenvalue weighted by Gasteiger charge is -2.28. The third-order valence-corrected chi connectivity index (χ3v) is 5.51. The molecule has 1 aromatic carbocycles. The van der Waals surface area contributed by atoms with Gasteiger partial charge in [-0.05, 0) is 23.0 Å². The van der Waals surface area contributed by atoms with E-state index >= 15 is 0 Å². The summed E-state index contributed by atoms with van der Waals surface area (Å²) < 4.78 is 26.8. The lowest BCUT2D eigenvalue weighted by atomic mass is 9.75. The molecule has 0 fully saturated rings. The zero-order valence-electron chi connectivity index (χ0n) is 16.7.